The van der Waals surface area contributed by atoms with Gasteiger partial charge in [-0.2, -0.15) is 0 Å². The van der Waals surface area contributed by atoms with E-state index in [2.05, 4.69) is 5.32 Å². The number of rotatable bonds is 7. The summed E-state index contributed by atoms with van der Waals surface area (Å²) in [6, 6.07) is 37.5. The number of para-hydroxylation sites is 1. The molecule has 30 heavy (non-hydrogen) atoms. The first kappa shape index (κ1) is 19.5. The van der Waals surface area contributed by atoms with Crippen molar-refractivity contribution < 1.29 is 9.53 Å². The molecule has 0 aromatic heterocycles. The summed E-state index contributed by atoms with van der Waals surface area (Å²) in [5.41, 5.74) is 4.08. The number of ether oxygens (including phenoxy) is 1. The highest BCUT2D eigenvalue weighted by atomic mass is 16.5. The maximum atomic E-state index is 12.8. The van der Waals surface area contributed by atoms with Crippen molar-refractivity contribution in [3.8, 4) is 16.9 Å². The Kier molecular flexibility index (Phi) is 6.21. The smallest absolute Gasteiger partial charge is 0.258 e. The van der Waals surface area contributed by atoms with Gasteiger partial charge in [0.2, 0.25) is 0 Å². The van der Waals surface area contributed by atoms with Crippen LogP contribution in [0.15, 0.2) is 115 Å². The zero-order valence-corrected chi connectivity index (χ0v) is 16.6. The normalized spacial score (nSPS) is 10.6. The zero-order valence-electron chi connectivity index (χ0n) is 16.6. The third-order valence-corrected chi connectivity index (χ3v) is 4.90. The van der Waals surface area contributed by atoms with Crippen LogP contribution in [0.2, 0.25) is 0 Å². The SMILES string of the molecule is O=C(COc1ccccc1-c1ccccc1)NC(c1ccccc1)c1ccccc1. The van der Waals surface area contributed by atoms with E-state index in [1.807, 2.05) is 115 Å². The number of amides is 1. The minimum absolute atomic E-state index is 0.0555. The monoisotopic (exact) mass is 393 g/mol. The molecule has 0 heterocycles. The van der Waals surface area contributed by atoms with Gasteiger partial charge in [0.05, 0.1) is 6.04 Å². The van der Waals surface area contributed by atoms with E-state index >= 15 is 0 Å². The van der Waals surface area contributed by atoms with Crippen LogP contribution in [0.1, 0.15) is 17.2 Å². The first-order valence-corrected chi connectivity index (χ1v) is 9.98. The first-order chi connectivity index (χ1) is 14.8. The Morgan fingerprint density at radius 2 is 1.17 bits per heavy atom. The van der Waals surface area contributed by atoms with Crippen LogP contribution in [0.3, 0.4) is 0 Å². The molecule has 0 aliphatic carbocycles. The van der Waals surface area contributed by atoms with E-state index in [9.17, 15) is 4.79 Å². The highest BCUT2D eigenvalue weighted by Crippen LogP contribution is 2.29. The summed E-state index contributed by atoms with van der Waals surface area (Å²) in [6.45, 7) is -0.0555. The van der Waals surface area contributed by atoms with Crippen molar-refractivity contribution in [1.29, 1.82) is 0 Å². The number of carbonyl (C=O) groups excluding carboxylic acids is 1. The molecule has 0 bridgehead atoms. The molecule has 1 N–H and O–H groups in total. The molecular formula is C27H23NO2. The second kappa shape index (κ2) is 9.57. The van der Waals surface area contributed by atoms with Crippen molar-refractivity contribution in [1.82, 2.24) is 5.32 Å². The lowest BCUT2D eigenvalue weighted by Gasteiger charge is -2.20. The quantitative estimate of drug-likeness (QED) is 0.441. The summed E-state index contributed by atoms with van der Waals surface area (Å²) >= 11 is 0. The van der Waals surface area contributed by atoms with E-state index in [1.54, 1.807) is 0 Å². The minimum Gasteiger partial charge on any atom is -0.483 e. The molecule has 0 radical (unpaired) electrons. The molecule has 3 nitrogen and oxygen atoms in total. The van der Waals surface area contributed by atoms with Crippen molar-refractivity contribution >= 4 is 5.91 Å². The van der Waals surface area contributed by atoms with E-state index in [0.29, 0.717) is 5.75 Å². The molecular weight excluding hydrogens is 370 g/mol. The standard InChI is InChI=1S/C27H23NO2/c29-26(20-30-25-19-11-10-18-24(25)21-12-4-1-5-13-21)28-27(22-14-6-2-7-15-22)23-16-8-3-9-17-23/h1-19,27H,20H2,(H,28,29). The van der Waals surface area contributed by atoms with Gasteiger partial charge in [0.15, 0.2) is 6.61 Å². The summed E-state index contributed by atoms with van der Waals surface area (Å²) < 4.78 is 5.91. The van der Waals surface area contributed by atoms with Crippen LogP contribution in [0.5, 0.6) is 5.75 Å². The Balaban J connectivity index is 1.49. The average Bonchev–Trinajstić information content (AvgIpc) is 2.83. The Labute approximate surface area is 177 Å². The van der Waals surface area contributed by atoms with E-state index < -0.39 is 0 Å². The average molecular weight is 393 g/mol. The van der Waals surface area contributed by atoms with Crippen molar-refractivity contribution in [2.24, 2.45) is 0 Å². The third-order valence-electron chi connectivity index (χ3n) is 4.90. The van der Waals surface area contributed by atoms with Crippen molar-refractivity contribution in [2.45, 2.75) is 6.04 Å². The molecule has 4 aromatic carbocycles. The lowest BCUT2D eigenvalue weighted by atomic mass is 9.99. The Hall–Kier alpha value is -3.85. The number of benzene rings is 4. The molecule has 0 fully saturated rings. The van der Waals surface area contributed by atoms with Gasteiger partial charge in [-0.05, 0) is 22.8 Å². The van der Waals surface area contributed by atoms with Gasteiger partial charge in [-0.1, -0.05) is 109 Å². The van der Waals surface area contributed by atoms with E-state index in [4.69, 9.17) is 4.74 Å². The first-order valence-electron chi connectivity index (χ1n) is 9.98. The summed E-state index contributed by atoms with van der Waals surface area (Å²) in [6.07, 6.45) is 0. The second-order valence-corrected chi connectivity index (χ2v) is 6.97. The maximum Gasteiger partial charge on any atom is 0.258 e. The van der Waals surface area contributed by atoms with E-state index in [1.165, 1.54) is 0 Å². The predicted molar refractivity (Wildman–Crippen MR) is 120 cm³/mol. The topological polar surface area (TPSA) is 38.3 Å². The van der Waals surface area contributed by atoms with Crippen LogP contribution in [-0.2, 0) is 4.79 Å². The largest absolute Gasteiger partial charge is 0.483 e. The third kappa shape index (κ3) is 4.76. The number of nitrogens with one attached hydrogen (secondary N) is 1. The minimum atomic E-state index is -0.229. The molecule has 0 saturated heterocycles. The van der Waals surface area contributed by atoms with Gasteiger partial charge in [-0.3, -0.25) is 4.79 Å². The molecule has 0 spiro atoms. The molecule has 0 aliphatic heterocycles. The summed E-state index contributed by atoms with van der Waals surface area (Å²) in [4.78, 5) is 12.8. The fourth-order valence-corrected chi connectivity index (χ4v) is 3.44. The van der Waals surface area contributed by atoms with Gasteiger partial charge in [-0.15, -0.1) is 0 Å². The molecule has 1 amide bonds. The zero-order chi connectivity index (χ0) is 20.6. The van der Waals surface area contributed by atoms with Crippen molar-refractivity contribution in [2.75, 3.05) is 6.61 Å². The molecule has 0 saturated carbocycles. The Bertz CT molecular complexity index is 1040. The molecule has 3 heteroatoms. The van der Waals surface area contributed by atoms with Crippen LogP contribution in [-0.4, -0.2) is 12.5 Å². The van der Waals surface area contributed by atoms with Crippen LogP contribution in [0.25, 0.3) is 11.1 Å². The van der Waals surface area contributed by atoms with Crippen molar-refractivity contribution in [3.63, 3.8) is 0 Å². The fourth-order valence-electron chi connectivity index (χ4n) is 3.44. The van der Waals surface area contributed by atoms with Crippen LogP contribution in [0.4, 0.5) is 0 Å². The van der Waals surface area contributed by atoms with Gasteiger partial charge in [-0.25, -0.2) is 0 Å². The van der Waals surface area contributed by atoms with Gasteiger partial charge in [0, 0.05) is 5.56 Å². The molecule has 148 valence electrons. The summed E-state index contributed by atoms with van der Waals surface area (Å²) in [7, 11) is 0. The van der Waals surface area contributed by atoms with Crippen molar-refractivity contribution in [3.05, 3.63) is 126 Å². The lowest BCUT2D eigenvalue weighted by Crippen LogP contribution is -2.33. The van der Waals surface area contributed by atoms with Crippen LogP contribution < -0.4 is 10.1 Å². The van der Waals surface area contributed by atoms with Gasteiger partial charge in [0.25, 0.3) is 5.91 Å². The summed E-state index contributed by atoms with van der Waals surface area (Å²) in [5.74, 6) is 0.519. The molecule has 0 unspecified atom stereocenters. The number of hydrogen-bond donors (Lipinski definition) is 1. The fraction of sp³-hybridized carbons (Fsp3) is 0.0741. The maximum absolute atomic E-state index is 12.8. The highest BCUT2D eigenvalue weighted by molar-refractivity contribution is 5.79. The number of hydrogen-bond acceptors (Lipinski definition) is 2. The van der Waals surface area contributed by atoms with Crippen LogP contribution in [0, 0.1) is 0 Å². The van der Waals surface area contributed by atoms with Gasteiger partial charge in [0.1, 0.15) is 5.75 Å². The lowest BCUT2D eigenvalue weighted by molar-refractivity contribution is -0.123. The van der Waals surface area contributed by atoms with Crippen LogP contribution >= 0.6 is 0 Å². The molecule has 0 atom stereocenters. The molecule has 4 rings (SSSR count). The van der Waals surface area contributed by atoms with Gasteiger partial charge >= 0.3 is 0 Å². The predicted octanol–water partition coefficient (Wildman–Crippen LogP) is 5.64. The summed E-state index contributed by atoms with van der Waals surface area (Å²) in [5, 5.41) is 3.12. The van der Waals surface area contributed by atoms with Gasteiger partial charge < -0.3 is 10.1 Å². The Morgan fingerprint density at radius 1 is 0.667 bits per heavy atom. The van der Waals surface area contributed by atoms with E-state index in [-0.39, 0.29) is 18.6 Å². The second-order valence-electron chi connectivity index (χ2n) is 6.97. The molecule has 4 aromatic rings. The number of carbonyl (C=O) groups is 1. The molecule has 0 aliphatic rings. The van der Waals surface area contributed by atoms with E-state index in [0.717, 1.165) is 22.3 Å². The Morgan fingerprint density at radius 3 is 1.77 bits per heavy atom. The highest BCUT2D eigenvalue weighted by Gasteiger charge is 2.17.